The normalized spacial score (nSPS) is 15.9. The van der Waals surface area contributed by atoms with Crippen molar-refractivity contribution in [3.8, 4) is 0 Å². The molecular formula is C19H22FN3O4. The van der Waals surface area contributed by atoms with Gasteiger partial charge in [-0.05, 0) is 29.8 Å². The van der Waals surface area contributed by atoms with Crippen molar-refractivity contribution in [2.45, 2.75) is 12.6 Å². The van der Waals surface area contributed by atoms with E-state index in [-0.39, 0.29) is 24.9 Å². The maximum Gasteiger partial charge on any atom is 0.309 e. The zero-order chi connectivity index (χ0) is 19.1. The molecule has 8 heteroatoms. The van der Waals surface area contributed by atoms with Crippen molar-refractivity contribution in [2.75, 3.05) is 32.8 Å². The second kappa shape index (κ2) is 9.29. The standard InChI is InChI=1S/C19H22FN3O4/c20-15-5-3-14(4-6-15)12-21-18(24)19(25)22-13-16(17-2-1-9-27-17)23-7-10-26-11-8-23/h1-6,9,16H,7-8,10-13H2,(H,21,24)(H,22,25)/t16-/m1/s1. The molecule has 144 valence electrons. The Morgan fingerprint density at radius 3 is 2.44 bits per heavy atom. The lowest BCUT2D eigenvalue weighted by Gasteiger charge is -2.33. The summed E-state index contributed by atoms with van der Waals surface area (Å²) in [5, 5.41) is 5.19. The summed E-state index contributed by atoms with van der Waals surface area (Å²) in [6.45, 7) is 3.07. The van der Waals surface area contributed by atoms with Crippen molar-refractivity contribution in [1.82, 2.24) is 15.5 Å². The monoisotopic (exact) mass is 375 g/mol. The van der Waals surface area contributed by atoms with Crippen LogP contribution in [0.4, 0.5) is 4.39 Å². The van der Waals surface area contributed by atoms with E-state index >= 15 is 0 Å². The summed E-state index contributed by atoms with van der Waals surface area (Å²) in [6.07, 6.45) is 1.58. The first-order chi connectivity index (χ1) is 13.1. The number of hydrogen-bond acceptors (Lipinski definition) is 5. The van der Waals surface area contributed by atoms with Crippen molar-refractivity contribution >= 4 is 11.8 Å². The molecule has 7 nitrogen and oxygen atoms in total. The molecule has 1 aromatic carbocycles. The zero-order valence-corrected chi connectivity index (χ0v) is 14.8. The molecular weight excluding hydrogens is 353 g/mol. The number of amides is 2. The van der Waals surface area contributed by atoms with E-state index in [9.17, 15) is 14.0 Å². The molecule has 1 saturated heterocycles. The van der Waals surface area contributed by atoms with Gasteiger partial charge in [0.1, 0.15) is 11.6 Å². The van der Waals surface area contributed by atoms with Gasteiger partial charge in [-0.25, -0.2) is 4.39 Å². The molecule has 0 unspecified atom stereocenters. The average molecular weight is 375 g/mol. The number of nitrogens with one attached hydrogen (secondary N) is 2. The van der Waals surface area contributed by atoms with Gasteiger partial charge in [0.25, 0.3) is 0 Å². The van der Waals surface area contributed by atoms with Crippen LogP contribution in [0, 0.1) is 5.82 Å². The van der Waals surface area contributed by atoms with Gasteiger partial charge in [-0.1, -0.05) is 12.1 Å². The van der Waals surface area contributed by atoms with Crippen LogP contribution in [-0.2, 0) is 20.9 Å². The van der Waals surface area contributed by atoms with E-state index in [1.807, 2.05) is 6.07 Å². The Hall–Kier alpha value is -2.71. The first-order valence-electron chi connectivity index (χ1n) is 8.79. The number of furan rings is 1. The van der Waals surface area contributed by atoms with Gasteiger partial charge in [0.2, 0.25) is 0 Å². The second-order valence-electron chi connectivity index (χ2n) is 6.20. The Bertz CT molecular complexity index is 743. The lowest BCUT2D eigenvalue weighted by atomic mass is 10.1. The molecule has 2 aromatic rings. The highest BCUT2D eigenvalue weighted by molar-refractivity contribution is 6.35. The van der Waals surface area contributed by atoms with E-state index in [2.05, 4.69) is 15.5 Å². The smallest absolute Gasteiger partial charge is 0.309 e. The maximum absolute atomic E-state index is 12.9. The molecule has 0 aliphatic carbocycles. The van der Waals surface area contributed by atoms with Crippen LogP contribution in [0.25, 0.3) is 0 Å². The van der Waals surface area contributed by atoms with Gasteiger partial charge in [-0.2, -0.15) is 0 Å². The number of carbonyl (C=O) groups is 2. The summed E-state index contributed by atoms with van der Waals surface area (Å²) in [4.78, 5) is 26.3. The number of rotatable bonds is 6. The van der Waals surface area contributed by atoms with Gasteiger partial charge < -0.3 is 19.8 Å². The van der Waals surface area contributed by atoms with Gasteiger partial charge in [0, 0.05) is 26.2 Å². The lowest BCUT2D eigenvalue weighted by Crippen LogP contribution is -2.46. The number of benzene rings is 1. The van der Waals surface area contributed by atoms with Gasteiger partial charge >= 0.3 is 11.8 Å². The molecule has 2 amide bonds. The van der Waals surface area contributed by atoms with E-state index < -0.39 is 11.8 Å². The Morgan fingerprint density at radius 1 is 1.07 bits per heavy atom. The molecule has 2 heterocycles. The minimum absolute atomic E-state index is 0.150. The molecule has 0 saturated carbocycles. The van der Waals surface area contributed by atoms with Crippen LogP contribution < -0.4 is 10.6 Å². The third-order valence-corrected chi connectivity index (χ3v) is 4.39. The topological polar surface area (TPSA) is 83.8 Å². The number of hydrogen-bond donors (Lipinski definition) is 2. The summed E-state index contributed by atoms with van der Waals surface area (Å²) < 4.78 is 23.7. The minimum Gasteiger partial charge on any atom is -0.468 e. The van der Waals surface area contributed by atoms with Crippen LogP contribution in [0.2, 0.25) is 0 Å². The molecule has 1 atom stereocenters. The predicted molar refractivity (Wildman–Crippen MR) is 95.1 cm³/mol. The summed E-state index contributed by atoms with van der Waals surface area (Å²) in [5.74, 6) is -1.08. The highest BCUT2D eigenvalue weighted by atomic mass is 19.1. The number of halogens is 1. The Balaban J connectivity index is 1.52. The third kappa shape index (κ3) is 5.38. The molecule has 1 aliphatic rings. The molecule has 0 bridgehead atoms. The van der Waals surface area contributed by atoms with Gasteiger partial charge in [0.05, 0.1) is 25.5 Å². The van der Waals surface area contributed by atoms with Gasteiger partial charge in [0.15, 0.2) is 0 Å². The van der Waals surface area contributed by atoms with Crippen LogP contribution in [-0.4, -0.2) is 49.6 Å². The number of carbonyl (C=O) groups excluding carboxylic acids is 2. The fourth-order valence-corrected chi connectivity index (χ4v) is 2.91. The minimum atomic E-state index is -0.737. The summed E-state index contributed by atoms with van der Waals surface area (Å²) in [5.41, 5.74) is 0.708. The van der Waals surface area contributed by atoms with Crippen molar-refractivity contribution in [2.24, 2.45) is 0 Å². The van der Waals surface area contributed by atoms with Crippen molar-refractivity contribution in [3.63, 3.8) is 0 Å². The van der Waals surface area contributed by atoms with E-state index in [0.717, 1.165) is 18.8 Å². The molecule has 27 heavy (non-hydrogen) atoms. The van der Waals surface area contributed by atoms with Crippen LogP contribution >= 0.6 is 0 Å². The van der Waals surface area contributed by atoms with Crippen LogP contribution in [0.5, 0.6) is 0 Å². The van der Waals surface area contributed by atoms with Crippen LogP contribution in [0.15, 0.2) is 47.1 Å². The average Bonchev–Trinajstić information content (AvgIpc) is 3.22. The van der Waals surface area contributed by atoms with Crippen molar-refractivity contribution < 1.29 is 23.1 Å². The molecule has 1 aliphatic heterocycles. The van der Waals surface area contributed by atoms with Crippen molar-refractivity contribution in [3.05, 3.63) is 59.8 Å². The molecule has 2 N–H and O–H groups in total. The molecule has 0 radical (unpaired) electrons. The Morgan fingerprint density at radius 2 is 1.78 bits per heavy atom. The van der Waals surface area contributed by atoms with Gasteiger partial charge in [-0.15, -0.1) is 0 Å². The predicted octanol–water partition coefficient (Wildman–Crippen LogP) is 1.22. The molecule has 3 rings (SSSR count). The largest absolute Gasteiger partial charge is 0.468 e. The number of morpholine rings is 1. The fourth-order valence-electron chi connectivity index (χ4n) is 2.91. The van der Waals surface area contributed by atoms with E-state index in [1.54, 1.807) is 24.5 Å². The first kappa shape index (κ1) is 19.1. The Labute approximate surface area is 156 Å². The van der Waals surface area contributed by atoms with E-state index in [4.69, 9.17) is 9.15 Å². The Kier molecular flexibility index (Phi) is 6.56. The zero-order valence-electron chi connectivity index (χ0n) is 14.8. The highest BCUT2D eigenvalue weighted by Crippen LogP contribution is 2.21. The molecule has 1 fully saturated rings. The van der Waals surface area contributed by atoms with Crippen LogP contribution in [0.3, 0.4) is 0 Å². The number of nitrogens with zero attached hydrogens (tertiary/aromatic N) is 1. The SMILES string of the molecule is O=C(NCc1ccc(F)cc1)C(=O)NC[C@H](c1ccco1)N1CCOCC1. The number of ether oxygens (including phenoxy) is 1. The molecule has 1 aromatic heterocycles. The second-order valence-corrected chi connectivity index (χ2v) is 6.20. The fraction of sp³-hybridized carbons (Fsp3) is 0.368. The lowest BCUT2D eigenvalue weighted by molar-refractivity contribution is -0.139. The van der Waals surface area contributed by atoms with Crippen LogP contribution in [0.1, 0.15) is 17.4 Å². The van der Waals surface area contributed by atoms with E-state index in [0.29, 0.717) is 18.8 Å². The third-order valence-electron chi connectivity index (χ3n) is 4.39. The van der Waals surface area contributed by atoms with Crippen molar-refractivity contribution in [1.29, 1.82) is 0 Å². The van der Waals surface area contributed by atoms with E-state index in [1.165, 1.54) is 12.1 Å². The first-order valence-corrected chi connectivity index (χ1v) is 8.79. The molecule has 0 spiro atoms. The maximum atomic E-state index is 12.9. The summed E-state index contributed by atoms with van der Waals surface area (Å²) in [7, 11) is 0. The van der Waals surface area contributed by atoms with Gasteiger partial charge in [-0.3, -0.25) is 14.5 Å². The quantitative estimate of drug-likeness (QED) is 0.742. The summed E-state index contributed by atoms with van der Waals surface area (Å²) >= 11 is 0. The summed E-state index contributed by atoms with van der Waals surface area (Å²) in [6, 6.07) is 9.19. The highest BCUT2D eigenvalue weighted by Gasteiger charge is 2.26.